The molecule has 0 bridgehead atoms. The Morgan fingerprint density at radius 3 is 3.05 bits per heavy atom. The number of rotatable bonds is 5. The number of aromatic nitrogens is 3. The van der Waals surface area contributed by atoms with Crippen molar-refractivity contribution in [2.75, 3.05) is 11.9 Å². The zero-order chi connectivity index (χ0) is 14.7. The predicted molar refractivity (Wildman–Crippen MR) is 88.2 cm³/mol. The maximum atomic E-state index is 5.87. The van der Waals surface area contributed by atoms with E-state index in [1.54, 1.807) is 23.7 Å². The lowest BCUT2D eigenvalue weighted by molar-refractivity contribution is 0.466. The van der Waals surface area contributed by atoms with Gasteiger partial charge in [-0.25, -0.2) is 4.98 Å². The molecule has 0 aliphatic carbocycles. The van der Waals surface area contributed by atoms with Gasteiger partial charge in [-0.05, 0) is 39.9 Å². The highest BCUT2D eigenvalue weighted by atomic mass is 79.9. The van der Waals surface area contributed by atoms with Crippen LogP contribution in [0.25, 0.3) is 10.2 Å². The molecule has 0 unspecified atom stereocenters. The van der Waals surface area contributed by atoms with Gasteiger partial charge in [-0.3, -0.25) is 4.98 Å². The summed E-state index contributed by atoms with van der Waals surface area (Å²) in [6, 6.07) is 3.82. The number of hydrogen-bond donors (Lipinski definition) is 1. The number of halogens is 1. The number of hydrogen-bond acceptors (Lipinski definition) is 6. The van der Waals surface area contributed by atoms with E-state index in [-0.39, 0.29) is 0 Å². The van der Waals surface area contributed by atoms with Crippen LogP contribution in [0.5, 0.6) is 11.6 Å². The van der Waals surface area contributed by atoms with Crippen molar-refractivity contribution in [3.05, 3.63) is 34.4 Å². The van der Waals surface area contributed by atoms with E-state index in [0.29, 0.717) is 17.6 Å². The first-order valence-corrected chi connectivity index (χ1v) is 8.21. The fourth-order valence-corrected chi connectivity index (χ4v) is 2.88. The Kier molecular flexibility index (Phi) is 4.31. The average Bonchev–Trinajstić information content (AvgIpc) is 2.94. The van der Waals surface area contributed by atoms with Crippen LogP contribution in [0.1, 0.15) is 13.3 Å². The van der Waals surface area contributed by atoms with Gasteiger partial charge in [0.2, 0.25) is 11.8 Å². The van der Waals surface area contributed by atoms with Crippen LogP contribution in [0.15, 0.2) is 34.4 Å². The number of thiophene rings is 1. The van der Waals surface area contributed by atoms with Crippen LogP contribution in [-0.4, -0.2) is 21.5 Å². The van der Waals surface area contributed by atoms with E-state index in [1.807, 2.05) is 17.5 Å². The number of anilines is 1. The standard InChI is InChI=1S/C14H13BrN4OS/c1-2-4-17-14-18-12(11-3-5-21-13(11)19-14)20-10-6-9(15)7-16-8-10/h3,5-8H,2,4H2,1H3,(H,17,18,19). The van der Waals surface area contributed by atoms with Gasteiger partial charge in [0, 0.05) is 17.2 Å². The zero-order valence-electron chi connectivity index (χ0n) is 11.3. The van der Waals surface area contributed by atoms with Crippen LogP contribution in [0.2, 0.25) is 0 Å². The van der Waals surface area contributed by atoms with Gasteiger partial charge in [-0.2, -0.15) is 4.98 Å². The van der Waals surface area contributed by atoms with E-state index in [4.69, 9.17) is 4.74 Å². The predicted octanol–water partition coefficient (Wildman–Crippen LogP) is 4.46. The lowest BCUT2D eigenvalue weighted by Gasteiger charge is -2.08. The Labute approximate surface area is 134 Å². The molecule has 0 fully saturated rings. The summed E-state index contributed by atoms with van der Waals surface area (Å²) in [5, 5.41) is 6.08. The minimum atomic E-state index is 0.541. The third-order valence-corrected chi connectivity index (χ3v) is 3.96. The highest BCUT2D eigenvalue weighted by molar-refractivity contribution is 9.10. The molecule has 7 heteroatoms. The van der Waals surface area contributed by atoms with Gasteiger partial charge in [0.1, 0.15) is 10.6 Å². The summed E-state index contributed by atoms with van der Waals surface area (Å²) in [5.41, 5.74) is 0. The van der Waals surface area contributed by atoms with Gasteiger partial charge >= 0.3 is 0 Å². The van der Waals surface area contributed by atoms with Gasteiger partial charge in [-0.15, -0.1) is 11.3 Å². The van der Waals surface area contributed by atoms with Gasteiger partial charge in [0.15, 0.2) is 0 Å². The van der Waals surface area contributed by atoms with Crippen LogP contribution >= 0.6 is 27.3 Å². The van der Waals surface area contributed by atoms with Crippen LogP contribution in [0, 0.1) is 0 Å². The van der Waals surface area contributed by atoms with Crippen molar-refractivity contribution in [3.8, 4) is 11.6 Å². The fourth-order valence-electron chi connectivity index (χ4n) is 1.78. The molecule has 0 aliphatic rings. The number of pyridine rings is 1. The van der Waals surface area contributed by atoms with Crippen LogP contribution in [0.4, 0.5) is 5.95 Å². The Morgan fingerprint density at radius 2 is 2.24 bits per heavy atom. The first-order chi connectivity index (χ1) is 10.3. The van der Waals surface area contributed by atoms with E-state index in [9.17, 15) is 0 Å². The molecule has 0 aliphatic heterocycles. The summed E-state index contributed by atoms with van der Waals surface area (Å²) in [5.74, 6) is 1.77. The quantitative estimate of drug-likeness (QED) is 0.723. The summed E-state index contributed by atoms with van der Waals surface area (Å²) < 4.78 is 6.74. The molecular weight excluding hydrogens is 352 g/mol. The molecule has 0 saturated carbocycles. The topological polar surface area (TPSA) is 59.9 Å². The molecule has 0 radical (unpaired) electrons. The second kappa shape index (κ2) is 6.36. The summed E-state index contributed by atoms with van der Waals surface area (Å²) in [4.78, 5) is 13.9. The average molecular weight is 365 g/mol. The molecule has 5 nitrogen and oxygen atoms in total. The van der Waals surface area contributed by atoms with E-state index < -0.39 is 0 Å². The SMILES string of the molecule is CCCNc1nc(Oc2cncc(Br)c2)c2ccsc2n1. The van der Waals surface area contributed by atoms with Crippen molar-refractivity contribution in [1.82, 2.24) is 15.0 Å². The summed E-state index contributed by atoms with van der Waals surface area (Å²) in [7, 11) is 0. The van der Waals surface area contributed by atoms with Crippen LogP contribution < -0.4 is 10.1 Å². The third-order valence-electron chi connectivity index (χ3n) is 2.72. The van der Waals surface area contributed by atoms with Gasteiger partial charge in [-0.1, -0.05) is 6.92 Å². The molecule has 21 heavy (non-hydrogen) atoms. The molecule has 0 spiro atoms. The van der Waals surface area contributed by atoms with Gasteiger partial charge in [0.25, 0.3) is 0 Å². The first-order valence-electron chi connectivity index (χ1n) is 6.54. The number of fused-ring (bicyclic) bond motifs is 1. The van der Waals surface area contributed by atoms with Gasteiger partial charge < -0.3 is 10.1 Å². The summed E-state index contributed by atoms with van der Waals surface area (Å²) in [6.07, 6.45) is 4.38. The van der Waals surface area contributed by atoms with Crippen molar-refractivity contribution in [2.24, 2.45) is 0 Å². The number of nitrogens with one attached hydrogen (secondary N) is 1. The Bertz CT molecular complexity index is 762. The Balaban J connectivity index is 1.97. The van der Waals surface area contributed by atoms with Crippen molar-refractivity contribution >= 4 is 43.4 Å². The third kappa shape index (κ3) is 3.30. The Morgan fingerprint density at radius 1 is 1.33 bits per heavy atom. The summed E-state index contributed by atoms with van der Waals surface area (Å²) in [6.45, 7) is 2.93. The molecule has 0 saturated heterocycles. The van der Waals surface area contributed by atoms with E-state index >= 15 is 0 Å². The minimum absolute atomic E-state index is 0.541. The lowest BCUT2D eigenvalue weighted by atomic mass is 10.4. The van der Waals surface area contributed by atoms with Crippen molar-refractivity contribution < 1.29 is 4.74 Å². The maximum absolute atomic E-state index is 5.87. The van der Waals surface area contributed by atoms with Gasteiger partial charge in [0.05, 0.1) is 11.6 Å². The van der Waals surface area contributed by atoms with Crippen molar-refractivity contribution in [1.29, 1.82) is 0 Å². The first kappa shape index (κ1) is 14.2. The molecule has 3 aromatic rings. The zero-order valence-corrected chi connectivity index (χ0v) is 13.7. The van der Waals surface area contributed by atoms with E-state index in [0.717, 1.165) is 27.7 Å². The molecule has 3 aromatic heterocycles. The second-order valence-corrected chi connectivity index (χ2v) is 6.17. The molecule has 0 atom stereocenters. The monoisotopic (exact) mass is 364 g/mol. The number of ether oxygens (including phenoxy) is 1. The smallest absolute Gasteiger partial charge is 0.232 e. The Hall–Kier alpha value is -1.73. The molecule has 3 heterocycles. The van der Waals surface area contributed by atoms with Crippen LogP contribution in [-0.2, 0) is 0 Å². The molecule has 1 N–H and O–H groups in total. The minimum Gasteiger partial charge on any atom is -0.436 e. The van der Waals surface area contributed by atoms with Crippen molar-refractivity contribution in [2.45, 2.75) is 13.3 Å². The molecule has 3 rings (SSSR count). The number of nitrogens with zero attached hydrogens (tertiary/aromatic N) is 3. The molecule has 108 valence electrons. The molecule has 0 aromatic carbocycles. The second-order valence-electron chi connectivity index (χ2n) is 4.36. The molecular formula is C14H13BrN4OS. The van der Waals surface area contributed by atoms with Crippen LogP contribution in [0.3, 0.4) is 0 Å². The normalized spacial score (nSPS) is 10.8. The molecule has 0 amide bonds. The van der Waals surface area contributed by atoms with Crippen molar-refractivity contribution in [3.63, 3.8) is 0 Å². The maximum Gasteiger partial charge on any atom is 0.232 e. The van der Waals surface area contributed by atoms with E-state index in [1.165, 1.54) is 0 Å². The van der Waals surface area contributed by atoms with E-state index in [2.05, 4.69) is 43.1 Å². The lowest BCUT2D eigenvalue weighted by Crippen LogP contribution is -2.04. The summed E-state index contributed by atoms with van der Waals surface area (Å²) >= 11 is 4.95. The largest absolute Gasteiger partial charge is 0.436 e. The highest BCUT2D eigenvalue weighted by Crippen LogP contribution is 2.31. The highest BCUT2D eigenvalue weighted by Gasteiger charge is 2.11. The fraction of sp³-hybridized carbons (Fsp3) is 0.214.